The highest BCUT2D eigenvalue weighted by Crippen LogP contribution is 2.19. The Morgan fingerprint density at radius 2 is 1.54 bits per heavy atom. The van der Waals surface area contributed by atoms with Crippen LogP contribution in [0.1, 0.15) is 42.7 Å². The van der Waals surface area contributed by atoms with Crippen LogP contribution < -0.4 is 5.32 Å². The molecule has 2 aromatic rings. The van der Waals surface area contributed by atoms with Crippen LogP contribution in [0.4, 0.5) is 0 Å². The van der Waals surface area contributed by atoms with Crippen molar-refractivity contribution in [3.8, 4) is 0 Å². The van der Waals surface area contributed by atoms with Gasteiger partial charge < -0.3 is 5.32 Å². The van der Waals surface area contributed by atoms with Gasteiger partial charge in [0, 0.05) is 23.1 Å². The summed E-state index contributed by atoms with van der Waals surface area (Å²) in [4.78, 5) is 12.6. The van der Waals surface area contributed by atoms with Gasteiger partial charge in [-0.15, -0.1) is 0 Å². The maximum atomic E-state index is 12.5. The summed E-state index contributed by atoms with van der Waals surface area (Å²) < 4.78 is 27.2. The summed E-state index contributed by atoms with van der Waals surface area (Å²) in [6, 6.07) is 13.4. The first-order valence-corrected chi connectivity index (χ1v) is 10.5. The van der Waals surface area contributed by atoms with Gasteiger partial charge in [0.25, 0.3) is 5.91 Å². The number of sulfonamides is 1. The molecule has 0 fully saturated rings. The Hall–Kier alpha value is -1.70. The molecule has 2 aromatic carbocycles. The lowest BCUT2D eigenvalue weighted by Crippen LogP contribution is -2.33. The summed E-state index contributed by atoms with van der Waals surface area (Å²) in [5, 5.41) is 2.92. The van der Waals surface area contributed by atoms with Gasteiger partial charge in [0.2, 0.25) is 10.0 Å². The smallest absolute Gasteiger partial charge is 0.251 e. The van der Waals surface area contributed by atoms with Gasteiger partial charge in [-0.2, -0.15) is 4.31 Å². The lowest BCUT2D eigenvalue weighted by atomic mass is 10.1. The first-order chi connectivity index (χ1) is 12.1. The van der Waals surface area contributed by atoms with Gasteiger partial charge in [0.05, 0.1) is 10.9 Å². The maximum Gasteiger partial charge on any atom is 0.251 e. The molecule has 0 radical (unpaired) electrons. The molecule has 0 aliphatic heterocycles. The number of rotatable bonds is 6. The zero-order valence-electron chi connectivity index (χ0n) is 15.2. The standard InChI is InChI=1S/C19H23BrN2O3S/c1-13(2)22(4)26(24,25)18-11-7-16(8-12-18)19(23)21-14(3)15-5-9-17(20)10-6-15/h5-14H,1-4H3,(H,21,23). The minimum absolute atomic E-state index is 0.144. The number of hydrogen-bond donors (Lipinski definition) is 1. The van der Waals surface area contributed by atoms with E-state index in [0.717, 1.165) is 10.0 Å². The molecule has 2 rings (SSSR count). The molecule has 0 saturated carbocycles. The average Bonchev–Trinajstić information content (AvgIpc) is 2.61. The topological polar surface area (TPSA) is 66.5 Å². The number of nitrogens with zero attached hydrogens (tertiary/aromatic N) is 1. The lowest BCUT2D eigenvalue weighted by Gasteiger charge is -2.21. The molecule has 140 valence electrons. The summed E-state index contributed by atoms with van der Waals surface area (Å²) in [6.45, 7) is 5.52. The third-order valence-electron chi connectivity index (χ3n) is 4.24. The Bertz CT molecular complexity index is 863. The second kappa shape index (κ2) is 8.33. The van der Waals surface area contributed by atoms with E-state index >= 15 is 0 Å². The molecule has 0 bridgehead atoms. The molecule has 0 heterocycles. The number of hydrogen-bond acceptors (Lipinski definition) is 3. The molecule has 0 aliphatic carbocycles. The molecule has 0 saturated heterocycles. The summed E-state index contributed by atoms with van der Waals surface area (Å²) >= 11 is 3.38. The van der Waals surface area contributed by atoms with E-state index < -0.39 is 10.0 Å². The van der Waals surface area contributed by atoms with E-state index in [1.165, 1.54) is 28.6 Å². The second-order valence-corrected chi connectivity index (χ2v) is 9.30. The molecule has 0 aromatic heterocycles. The average molecular weight is 439 g/mol. The molecule has 7 heteroatoms. The van der Waals surface area contributed by atoms with E-state index in [9.17, 15) is 13.2 Å². The van der Waals surface area contributed by atoms with Crippen LogP contribution in [0, 0.1) is 0 Å². The van der Waals surface area contributed by atoms with Gasteiger partial charge >= 0.3 is 0 Å². The lowest BCUT2D eigenvalue weighted by molar-refractivity contribution is 0.0939. The fraction of sp³-hybridized carbons (Fsp3) is 0.316. The number of carbonyl (C=O) groups is 1. The van der Waals surface area contributed by atoms with Crippen LogP contribution in [-0.2, 0) is 10.0 Å². The highest BCUT2D eigenvalue weighted by molar-refractivity contribution is 9.10. The van der Waals surface area contributed by atoms with E-state index in [4.69, 9.17) is 0 Å². The van der Waals surface area contributed by atoms with Gasteiger partial charge in [-0.3, -0.25) is 4.79 Å². The minimum atomic E-state index is -3.55. The minimum Gasteiger partial charge on any atom is -0.346 e. The third-order valence-corrected chi connectivity index (χ3v) is 6.81. The normalized spacial score (nSPS) is 13.0. The number of nitrogens with one attached hydrogen (secondary N) is 1. The van der Waals surface area contributed by atoms with Crippen molar-refractivity contribution in [3.63, 3.8) is 0 Å². The molecular weight excluding hydrogens is 416 g/mol. The van der Waals surface area contributed by atoms with Gasteiger partial charge in [0.15, 0.2) is 0 Å². The van der Waals surface area contributed by atoms with Crippen LogP contribution in [0.2, 0.25) is 0 Å². The van der Waals surface area contributed by atoms with Crippen molar-refractivity contribution in [2.45, 2.75) is 37.8 Å². The highest BCUT2D eigenvalue weighted by Gasteiger charge is 2.23. The first-order valence-electron chi connectivity index (χ1n) is 8.27. The molecule has 26 heavy (non-hydrogen) atoms. The maximum absolute atomic E-state index is 12.5. The fourth-order valence-electron chi connectivity index (χ4n) is 2.34. The predicted molar refractivity (Wildman–Crippen MR) is 107 cm³/mol. The largest absolute Gasteiger partial charge is 0.346 e. The van der Waals surface area contributed by atoms with E-state index in [0.29, 0.717) is 5.56 Å². The zero-order valence-corrected chi connectivity index (χ0v) is 17.6. The Kier molecular flexibility index (Phi) is 6.60. The molecule has 1 N–H and O–H groups in total. The van der Waals surface area contributed by atoms with Crippen LogP contribution in [-0.4, -0.2) is 31.7 Å². The van der Waals surface area contributed by atoms with Crippen molar-refractivity contribution in [2.24, 2.45) is 0 Å². The van der Waals surface area contributed by atoms with Crippen LogP contribution in [0.25, 0.3) is 0 Å². The third kappa shape index (κ3) is 4.72. The predicted octanol–water partition coefficient (Wildman–Crippen LogP) is 3.97. The molecule has 1 atom stereocenters. The van der Waals surface area contributed by atoms with Crippen LogP contribution in [0.5, 0.6) is 0 Å². The van der Waals surface area contributed by atoms with Crippen molar-refractivity contribution in [3.05, 3.63) is 64.1 Å². The first kappa shape index (κ1) is 20.6. The molecule has 5 nitrogen and oxygen atoms in total. The number of amides is 1. The summed E-state index contributed by atoms with van der Waals surface area (Å²) in [7, 11) is -2.01. The van der Waals surface area contributed by atoms with Gasteiger partial charge in [-0.1, -0.05) is 28.1 Å². The quantitative estimate of drug-likeness (QED) is 0.741. The van der Waals surface area contributed by atoms with Gasteiger partial charge in [0.1, 0.15) is 0 Å². The summed E-state index contributed by atoms with van der Waals surface area (Å²) in [6.07, 6.45) is 0. The van der Waals surface area contributed by atoms with Gasteiger partial charge in [-0.05, 0) is 62.7 Å². The van der Waals surface area contributed by atoms with Gasteiger partial charge in [-0.25, -0.2) is 8.42 Å². The fourth-order valence-corrected chi connectivity index (χ4v) is 3.97. The Morgan fingerprint density at radius 1 is 1.00 bits per heavy atom. The van der Waals surface area contributed by atoms with E-state index in [2.05, 4.69) is 21.2 Å². The zero-order chi connectivity index (χ0) is 19.5. The van der Waals surface area contributed by atoms with E-state index in [-0.39, 0.29) is 22.9 Å². The Balaban J connectivity index is 2.12. The number of carbonyl (C=O) groups excluding carboxylic acids is 1. The van der Waals surface area contributed by atoms with Crippen molar-refractivity contribution in [1.29, 1.82) is 0 Å². The van der Waals surface area contributed by atoms with E-state index in [1.807, 2.05) is 45.0 Å². The van der Waals surface area contributed by atoms with Crippen LogP contribution in [0.3, 0.4) is 0 Å². The van der Waals surface area contributed by atoms with Crippen molar-refractivity contribution < 1.29 is 13.2 Å². The number of benzene rings is 2. The number of halogens is 1. The van der Waals surface area contributed by atoms with Crippen molar-refractivity contribution in [2.75, 3.05) is 7.05 Å². The molecular formula is C19H23BrN2O3S. The summed E-state index contributed by atoms with van der Waals surface area (Å²) in [5.41, 5.74) is 1.40. The van der Waals surface area contributed by atoms with Crippen LogP contribution in [0.15, 0.2) is 57.9 Å². The van der Waals surface area contributed by atoms with E-state index in [1.54, 1.807) is 7.05 Å². The highest BCUT2D eigenvalue weighted by atomic mass is 79.9. The Morgan fingerprint density at radius 3 is 2.04 bits per heavy atom. The molecule has 0 spiro atoms. The molecule has 0 aliphatic rings. The Labute approximate surface area is 163 Å². The second-order valence-electron chi connectivity index (χ2n) is 6.39. The van der Waals surface area contributed by atoms with Crippen molar-refractivity contribution >= 4 is 31.9 Å². The SMILES string of the molecule is CC(NC(=O)c1ccc(S(=O)(=O)N(C)C(C)C)cc1)c1ccc(Br)cc1. The monoisotopic (exact) mass is 438 g/mol. The summed E-state index contributed by atoms with van der Waals surface area (Å²) in [5.74, 6) is -0.249. The molecule has 1 unspecified atom stereocenters. The van der Waals surface area contributed by atoms with Crippen molar-refractivity contribution in [1.82, 2.24) is 9.62 Å². The molecule has 1 amide bonds. The van der Waals surface area contributed by atoms with Crippen LogP contribution >= 0.6 is 15.9 Å².